The number of ether oxygens (including phenoxy) is 1. The first-order valence-corrected chi connectivity index (χ1v) is 6.97. The molecule has 0 unspecified atom stereocenters. The Hall–Kier alpha value is -1.62. The second kappa shape index (κ2) is 6.70. The zero-order chi connectivity index (χ0) is 14.5. The van der Waals surface area contributed by atoms with Crippen LogP contribution in [0.2, 0.25) is 0 Å². The first-order valence-electron chi connectivity index (χ1n) is 6.97. The van der Waals surface area contributed by atoms with Gasteiger partial charge in [0.2, 0.25) is 0 Å². The molecule has 0 amide bonds. The maximum Gasteiger partial charge on any atom is 0.506 e. The SMILES string of the molecule is CCCCN1C[C@@H](OC(=O)O)[C@H](c2ccc(F)cc2)C1. The maximum atomic E-state index is 13.0. The van der Waals surface area contributed by atoms with Crippen molar-refractivity contribution < 1.29 is 19.0 Å². The number of benzene rings is 1. The van der Waals surface area contributed by atoms with Crippen LogP contribution in [-0.2, 0) is 4.74 Å². The smallest absolute Gasteiger partial charge is 0.450 e. The van der Waals surface area contributed by atoms with E-state index in [1.807, 2.05) is 0 Å². The Morgan fingerprint density at radius 3 is 2.70 bits per heavy atom. The van der Waals surface area contributed by atoms with E-state index < -0.39 is 6.16 Å². The molecule has 1 fully saturated rings. The van der Waals surface area contributed by atoms with Crippen molar-refractivity contribution in [3.8, 4) is 0 Å². The molecule has 1 aliphatic rings. The molecule has 0 saturated carbocycles. The molecule has 1 N–H and O–H groups in total. The molecule has 2 atom stereocenters. The molecule has 1 aromatic rings. The van der Waals surface area contributed by atoms with Crippen molar-refractivity contribution in [2.75, 3.05) is 19.6 Å². The summed E-state index contributed by atoms with van der Waals surface area (Å²) < 4.78 is 18.0. The average molecular weight is 281 g/mol. The molecule has 1 saturated heterocycles. The number of hydrogen-bond donors (Lipinski definition) is 1. The number of carbonyl (C=O) groups is 1. The van der Waals surface area contributed by atoms with Gasteiger partial charge >= 0.3 is 6.16 Å². The number of nitrogens with zero attached hydrogens (tertiary/aromatic N) is 1. The van der Waals surface area contributed by atoms with Crippen molar-refractivity contribution in [1.29, 1.82) is 0 Å². The molecule has 0 aromatic heterocycles. The van der Waals surface area contributed by atoms with Crippen LogP contribution in [0.1, 0.15) is 31.2 Å². The van der Waals surface area contributed by atoms with E-state index >= 15 is 0 Å². The van der Waals surface area contributed by atoms with E-state index in [9.17, 15) is 9.18 Å². The van der Waals surface area contributed by atoms with Crippen molar-refractivity contribution in [3.63, 3.8) is 0 Å². The molecule has 110 valence electrons. The molecule has 20 heavy (non-hydrogen) atoms. The molecular weight excluding hydrogens is 261 g/mol. The third-order valence-corrected chi connectivity index (χ3v) is 3.72. The molecule has 5 heteroatoms. The molecule has 4 nitrogen and oxygen atoms in total. The van der Waals surface area contributed by atoms with E-state index in [0.29, 0.717) is 6.54 Å². The maximum absolute atomic E-state index is 13.0. The lowest BCUT2D eigenvalue weighted by Gasteiger charge is -2.17. The Morgan fingerprint density at radius 1 is 1.40 bits per heavy atom. The summed E-state index contributed by atoms with van der Waals surface area (Å²) in [4.78, 5) is 13.0. The number of hydrogen-bond acceptors (Lipinski definition) is 3. The van der Waals surface area contributed by atoms with Crippen LogP contribution < -0.4 is 0 Å². The van der Waals surface area contributed by atoms with Gasteiger partial charge in [0.1, 0.15) is 11.9 Å². The fraction of sp³-hybridized carbons (Fsp3) is 0.533. The van der Waals surface area contributed by atoms with E-state index in [1.54, 1.807) is 12.1 Å². The van der Waals surface area contributed by atoms with Crippen LogP contribution in [0.4, 0.5) is 9.18 Å². The van der Waals surface area contributed by atoms with E-state index in [4.69, 9.17) is 9.84 Å². The van der Waals surface area contributed by atoms with Crippen LogP contribution in [0.3, 0.4) is 0 Å². The summed E-state index contributed by atoms with van der Waals surface area (Å²) in [7, 11) is 0. The highest BCUT2D eigenvalue weighted by Gasteiger charge is 2.36. The molecule has 0 spiro atoms. The van der Waals surface area contributed by atoms with Crippen LogP contribution in [0.15, 0.2) is 24.3 Å². The summed E-state index contributed by atoms with van der Waals surface area (Å²) >= 11 is 0. The van der Waals surface area contributed by atoms with E-state index in [0.717, 1.165) is 31.5 Å². The standard InChI is InChI=1S/C15H20FNO3/c1-2-3-8-17-9-13(14(10-17)20-15(18)19)11-4-6-12(16)7-5-11/h4-7,13-14H,2-3,8-10H2,1H3,(H,18,19)/t13-,14+/m0/s1. The Balaban J connectivity index is 2.10. The molecule has 0 radical (unpaired) electrons. The van der Waals surface area contributed by atoms with Crippen LogP contribution >= 0.6 is 0 Å². The summed E-state index contributed by atoms with van der Waals surface area (Å²) in [5.74, 6) is -0.311. The van der Waals surface area contributed by atoms with Crippen LogP contribution in [0.25, 0.3) is 0 Å². The fourth-order valence-electron chi connectivity index (χ4n) is 2.70. The first kappa shape index (κ1) is 14.8. The summed E-state index contributed by atoms with van der Waals surface area (Å²) in [6.45, 7) is 4.42. The number of unbranched alkanes of at least 4 members (excludes halogenated alkanes) is 1. The quantitative estimate of drug-likeness (QED) is 0.843. The largest absolute Gasteiger partial charge is 0.506 e. The minimum Gasteiger partial charge on any atom is -0.450 e. The van der Waals surface area contributed by atoms with Crippen molar-refractivity contribution in [2.45, 2.75) is 31.8 Å². The monoisotopic (exact) mass is 281 g/mol. The third-order valence-electron chi connectivity index (χ3n) is 3.72. The van der Waals surface area contributed by atoms with Gasteiger partial charge in [-0.25, -0.2) is 9.18 Å². The van der Waals surface area contributed by atoms with Crippen molar-refractivity contribution in [3.05, 3.63) is 35.6 Å². The van der Waals surface area contributed by atoms with Gasteiger partial charge in [-0.1, -0.05) is 25.5 Å². The number of rotatable bonds is 5. The van der Waals surface area contributed by atoms with Gasteiger partial charge in [-0.05, 0) is 30.7 Å². The predicted molar refractivity (Wildman–Crippen MR) is 73.4 cm³/mol. The van der Waals surface area contributed by atoms with E-state index in [1.165, 1.54) is 12.1 Å². The average Bonchev–Trinajstić information content (AvgIpc) is 2.79. The lowest BCUT2D eigenvalue weighted by Crippen LogP contribution is -2.26. The summed E-state index contributed by atoms with van der Waals surface area (Å²) in [6, 6.07) is 6.23. The molecule has 1 aliphatic heterocycles. The third kappa shape index (κ3) is 3.70. The highest BCUT2D eigenvalue weighted by Crippen LogP contribution is 2.30. The lowest BCUT2D eigenvalue weighted by atomic mass is 9.96. The zero-order valence-corrected chi connectivity index (χ0v) is 11.6. The van der Waals surface area contributed by atoms with Gasteiger partial charge in [-0.15, -0.1) is 0 Å². The molecular formula is C15H20FNO3. The van der Waals surface area contributed by atoms with Gasteiger partial charge in [-0.2, -0.15) is 0 Å². The minimum atomic E-state index is -1.25. The van der Waals surface area contributed by atoms with Gasteiger partial charge in [0, 0.05) is 19.0 Å². The van der Waals surface area contributed by atoms with Crippen LogP contribution in [0, 0.1) is 5.82 Å². The highest BCUT2D eigenvalue weighted by atomic mass is 19.1. The van der Waals surface area contributed by atoms with Crippen molar-refractivity contribution in [2.24, 2.45) is 0 Å². The fourth-order valence-corrected chi connectivity index (χ4v) is 2.70. The molecule has 0 aliphatic carbocycles. The summed E-state index contributed by atoms with van der Waals surface area (Å²) in [5.41, 5.74) is 0.927. The van der Waals surface area contributed by atoms with Crippen LogP contribution in [0.5, 0.6) is 0 Å². The second-order valence-electron chi connectivity index (χ2n) is 5.19. The number of halogens is 1. The Labute approximate surface area is 118 Å². The van der Waals surface area contributed by atoms with Gasteiger partial charge in [0.15, 0.2) is 0 Å². The minimum absolute atomic E-state index is 0.0245. The predicted octanol–water partition coefficient (Wildman–Crippen LogP) is 3.09. The van der Waals surface area contributed by atoms with E-state index in [2.05, 4.69) is 11.8 Å². The topological polar surface area (TPSA) is 49.8 Å². The molecule has 0 bridgehead atoms. The Bertz CT molecular complexity index is 449. The normalized spacial score (nSPS) is 22.9. The van der Waals surface area contributed by atoms with Gasteiger partial charge in [0.25, 0.3) is 0 Å². The summed E-state index contributed by atoms with van der Waals surface area (Å²) in [5, 5.41) is 8.84. The lowest BCUT2D eigenvalue weighted by molar-refractivity contribution is 0.0495. The van der Waals surface area contributed by atoms with Gasteiger partial charge in [-0.3, -0.25) is 4.90 Å². The Morgan fingerprint density at radius 2 is 2.10 bits per heavy atom. The number of likely N-dealkylation sites (tertiary alicyclic amines) is 1. The van der Waals surface area contributed by atoms with Gasteiger partial charge in [0.05, 0.1) is 0 Å². The van der Waals surface area contributed by atoms with Gasteiger partial charge < -0.3 is 9.84 Å². The highest BCUT2D eigenvalue weighted by molar-refractivity contribution is 5.57. The van der Waals surface area contributed by atoms with Crippen LogP contribution in [-0.4, -0.2) is 41.9 Å². The van der Waals surface area contributed by atoms with E-state index in [-0.39, 0.29) is 17.8 Å². The zero-order valence-electron chi connectivity index (χ0n) is 11.6. The molecule has 2 rings (SSSR count). The van der Waals surface area contributed by atoms with Crippen molar-refractivity contribution >= 4 is 6.16 Å². The summed E-state index contributed by atoms with van der Waals surface area (Å²) in [6.07, 6.45) is 0.548. The Kier molecular flexibility index (Phi) is 4.95. The first-order chi connectivity index (χ1) is 9.60. The molecule has 1 aromatic carbocycles. The van der Waals surface area contributed by atoms with Crippen molar-refractivity contribution in [1.82, 2.24) is 4.90 Å². The molecule has 1 heterocycles. The second-order valence-corrected chi connectivity index (χ2v) is 5.19. The number of carboxylic acid groups (broad SMARTS) is 1.